The molecular formula is C12H12N2O2. The molecule has 1 unspecified atom stereocenters. The van der Waals surface area contributed by atoms with E-state index in [0.717, 1.165) is 11.2 Å². The monoisotopic (exact) mass is 216 g/mol. The maximum absolute atomic E-state index is 11.5. The van der Waals surface area contributed by atoms with E-state index in [4.69, 9.17) is 4.74 Å². The lowest BCUT2D eigenvalue weighted by Crippen LogP contribution is -2.27. The molecule has 0 amide bonds. The van der Waals surface area contributed by atoms with Crippen LogP contribution in [0.25, 0.3) is 10.9 Å². The van der Waals surface area contributed by atoms with Crippen LogP contribution in [0.2, 0.25) is 0 Å². The Labute approximate surface area is 92.6 Å². The molecule has 4 nitrogen and oxygen atoms in total. The maximum Gasteiger partial charge on any atom is 0.328 e. The van der Waals surface area contributed by atoms with Crippen molar-refractivity contribution in [1.82, 2.24) is 4.98 Å². The van der Waals surface area contributed by atoms with Gasteiger partial charge in [0.05, 0.1) is 7.11 Å². The van der Waals surface area contributed by atoms with Crippen LogP contribution in [-0.2, 0) is 16.0 Å². The first-order valence-electron chi connectivity index (χ1n) is 5.23. The average molecular weight is 216 g/mol. The van der Waals surface area contributed by atoms with Gasteiger partial charge in [-0.1, -0.05) is 0 Å². The standard InChI is InChI=1S/C12H12N2O2/c1-16-12(15)11-6-8-7-4-5-13-9(7)2-3-10(8)14-11/h2-5,11,13-14H,6H2,1H3. The van der Waals surface area contributed by atoms with E-state index in [0.29, 0.717) is 6.42 Å². The number of carbonyl (C=O) groups excluding carboxylic acids is 1. The van der Waals surface area contributed by atoms with Crippen LogP contribution in [0, 0.1) is 0 Å². The van der Waals surface area contributed by atoms with Crippen molar-refractivity contribution in [2.24, 2.45) is 0 Å². The zero-order chi connectivity index (χ0) is 11.1. The Kier molecular flexibility index (Phi) is 1.89. The van der Waals surface area contributed by atoms with Crippen molar-refractivity contribution in [2.75, 3.05) is 12.4 Å². The summed E-state index contributed by atoms with van der Waals surface area (Å²) in [6, 6.07) is 5.80. The molecule has 82 valence electrons. The van der Waals surface area contributed by atoms with Gasteiger partial charge in [-0.3, -0.25) is 0 Å². The van der Waals surface area contributed by atoms with E-state index in [-0.39, 0.29) is 12.0 Å². The first kappa shape index (κ1) is 9.27. The smallest absolute Gasteiger partial charge is 0.328 e. The third kappa shape index (κ3) is 1.19. The molecule has 1 aliphatic heterocycles. The number of carbonyl (C=O) groups is 1. The number of nitrogens with one attached hydrogen (secondary N) is 2. The van der Waals surface area contributed by atoms with Gasteiger partial charge in [0.15, 0.2) is 0 Å². The number of aromatic amines is 1. The number of fused-ring (bicyclic) bond motifs is 3. The Hall–Kier alpha value is -1.97. The number of rotatable bonds is 1. The van der Waals surface area contributed by atoms with Crippen LogP contribution in [0.15, 0.2) is 24.4 Å². The molecule has 4 heteroatoms. The van der Waals surface area contributed by atoms with E-state index in [2.05, 4.69) is 10.3 Å². The number of benzene rings is 1. The predicted molar refractivity (Wildman–Crippen MR) is 61.4 cm³/mol. The second-order valence-electron chi connectivity index (χ2n) is 3.95. The van der Waals surface area contributed by atoms with E-state index in [1.165, 1.54) is 18.1 Å². The molecule has 0 fully saturated rings. The largest absolute Gasteiger partial charge is 0.467 e. The van der Waals surface area contributed by atoms with Gasteiger partial charge in [-0.15, -0.1) is 0 Å². The van der Waals surface area contributed by atoms with Gasteiger partial charge in [0.2, 0.25) is 0 Å². The highest BCUT2D eigenvalue weighted by atomic mass is 16.5. The van der Waals surface area contributed by atoms with Crippen molar-refractivity contribution in [1.29, 1.82) is 0 Å². The summed E-state index contributed by atoms with van der Waals surface area (Å²) in [7, 11) is 1.42. The van der Waals surface area contributed by atoms with E-state index in [1.807, 2.05) is 24.4 Å². The van der Waals surface area contributed by atoms with Crippen LogP contribution < -0.4 is 5.32 Å². The summed E-state index contributed by atoms with van der Waals surface area (Å²) in [5.41, 5.74) is 3.32. The Balaban J connectivity index is 2.05. The molecule has 1 aromatic heterocycles. The summed E-state index contributed by atoms with van der Waals surface area (Å²) in [4.78, 5) is 14.6. The Bertz CT molecular complexity index is 559. The Morgan fingerprint density at radius 3 is 3.12 bits per heavy atom. The number of methoxy groups -OCH3 is 1. The molecule has 0 spiro atoms. The van der Waals surface area contributed by atoms with Crippen molar-refractivity contribution in [3.05, 3.63) is 30.0 Å². The number of hydrogen-bond donors (Lipinski definition) is 2. The number of ether oxygens (including phenoxy) is 1. The van der Waals surface area contributed by atoms with Crippen molar-refractivity contribution in [3.63, 3.8) is 0 Å². The fourth-order valence-corrected chi connectivity index (χ4v) is 2.28. The second-order valence-corrected chi connectivity index (χ2v) is 3.95. The Morgan fingerprint density at radius 1 is 1.44 bits per heavy atom. The highest BCUT2D eigenvalue weighted by molar-refractivity contribution is 5.93. The molecule has 0 radical (unpaired) electrons. The molecule has 16 heavy (non-hydrogen) atoms. The van der Waals surface area contributed by atoms with Crippen LogP contribution in [0.1, 0.15) is 5.56 Å². The van der Waals surface area contributed by atoms with Crippen molar-refractivity contribution in [2.45, 2.75) is 12.5 Å². The highest BCUT2D eigenvalue weighted by Crippen LogP contribution is 2.32. The fourth-order valence-electron chi connectivity index (χ4n) is 2.28. The summed E-state index contributed by atoms with van der Waals surface area (Å²) in [5.74, 6) is -0.208. The zero-order valence-electron chi connectivity index (χ0n) is 8.91. The number of H-pyrrole nitrogens is 1. The molecule has 0 saturated carbocycles. The zero-order valence-corrected chi connectivity index (χ0v) is 8.91. The van der Waals surface area contributed by atoms with Crippen molar-refractivity contribution in [3.8, 4) is 0 Å². The van der Waals surface area contributed by atoms with Crippen molar-refractivity contribution < 1.29 is 9.53 Å². The van der Waals surface area contributed by atoms with Gasteiger partial charge in [-0.2, -0.15) is 0 Å². The summed E-state index contributed by atoms with van der Waals surface area (Å²) in [5, 5.41) is 4.36. The Morgan fingerprint density at radius 2 is 2.31 bits per heavy atom. The lowest BCUT2D eigenvalue weighted by atomic mass is 10.1. The van der Waals surface area contributed by atoms with E-state index in [9.17, 15) is 4.79 Å². The highest BCUT2D eigenvalue weighted by Gasteiger charge is 2.28. The van der Waals surface area contributed by atoms with Crippen LogP contribution in [0.3, 0.4) is 0 Å². The van der Waals surface area contributed by atoms with Crippen LogP contribution >= 0.6 is 0 Å². The summed E-state index contributed by atoms with van der Waals surface area (Å²) < 4.78 is 4.75. The molecule has 2 aromatic rings. The van der Waals surface area contributed by atoms with Gasteiger partial charge in [0.1, 0.15) is 6.04 Å². The molecule has 1 aromatic carbocycles. The van der Waals surface area contributed by atoms with Crippen LogP contribution in [0.5, 0.6) is 0 Å². The van der Waals surface area contributed by atoms with Crippen LogP contribution in [0.4, 0.5) is 5.69 Å². The topological polar surface area (TPSA) is 54.1 Å². The lowest BCUT2D eigenvalue weighted by Gasteiger charge is -2.07. The SMILES string of the molecule is COC(=O)C1Cc2c(ccc3[nH]ccc23)N1. The third-order valence-electron chi connectivity index (χ3n) is 3.07. The molecular weight excluding hydrogens is 204 g/mol. The molecule has 0 saturated heterocycles. The van der Waals surface area contributed by atoms with Crippen molar-refractivity contribution >= 4 is 22.6 Å². The molecule has 2 heterocycles. The van der Waals surface area contributed by atoms with Gasteiger partial charge in [0.25, 0.3) is 0 Å². The van der Waals surface area contributed by atoms with E-state index < -0.39 is 0 Å². The second kappa shape index (κ2) is 3.27. The number of hydrogen-bond acceptors (Lipinski definition) is 3. The van der Waals surface area contributed by atoms with Crippen LogP contribution in [-0.4, -0.2) is 24.1 Å². The normalized spacial score (nSPS) is 18.2. The quantitative estimate of drug-likeness (QED) is 0.713. The summed E-state index contributed by atoms with van der Waals surface area (Å²) in [6.07, 6.45) is 2.60. The number of aromatic nitrogens is 1. The average Bonchev–Trinajstić information content (AvgIpc) is 2.92. The summed E-state index contributed by atoms with van der Waals surface area (Å²) >= 11 is 0. The fraction of sp³-hybridized carbons (Fsp3) is 0.250. The third-order valence-corrected chi connectivity index (χ3v) is 3.07. The van der Waals surface area contributed by atoms with E-state index in [1.54, 1.807) is 0 Å². The number of anilines is 1. The maximum atomic E-state index is 11.5. The molecule has 1 aliphatic rings. The minimum atomic E-state index is -0.250. The molecule has 0 aliphatic carbocycles. The van der Waals surface area contributed by atoms with E-state index >= 15 is 0 Å². The lowest BCUT2D eigenvalue weighted by molar-refractivity contribution is -0.141. The molecule has 0 bridgehead atoms. The van der Waals surface area contributed by atoms with Gasteiger partial charge in [0, 0.05) is 29.2 Å². The van der Waals surface area contributed by atoms with Gasteiger partial charge < -0.3 is 15.0 Å². The molecule has 2 N–H and O–H groups in total. The first-order chi connectivity index (χ1) is 7.79. The first-order valence-corrected chi connectivity index (χ1v) is 5.23. The van der Waals surface area contributed by atoms with Gasteiger partial charge in [-0.05, 0) is 23.8 Å². The predicted octanol–water partition coefficient (Wildman–Crippen LogP) is 1.68. The van der Waals surface area contributed by atoms with Gasteiger partial charge in [-0.25, -0.2) is 4.79 Å². The number of esters is 1. The minimum absolute atomic E-state index is 0.208. The summed E-state index contributed by atoms with van der Waals surface area (Å²) in [6.45, 7) is 0. The van der Waals surface area contributed by atoms with Gasteiger partial charge >= 0.3 is 5.97 Å². The molecule has 3 rings (SSSR count). The minimum Gasteiger partial charge on any atom is -0.467 e. The molecule has 1 atom stereocenters.